The summed E-state index contributed by atoms with van der Waals surface area (Å²) >= 11 is 0. The van der Waals surface area contributed by atoms with E-state index >= 15 is 0 Å². The predicted molar refractivity (Wildman–Crippen MR) is 74.2 cm³/mol. The molecule has 3 heteroatoms. The second kappa shape index (κ2) is 3.54. The van der Waals surface area contributed by atoms with Crippen LogP contribution >= 0.6 is 0 Å². The van der Waals surface area contributed by atoms with Crippen LogP contribution in [0.25, 0.3) is 22.4 Å². The minimum Gasteiger partial charge on any atom is -0.273 e. The number of carbonyl (C=O) groups excluding carboxylic acids is 1. The van der Waals surface area contributed by atoms with Crippen LogP contribution in [0.3, 0.4) is 0 Å². The van der Waals surface area contributed by atoms with Crippen LogP contribution in [-0.4, -0.2) is 15.5 Å². The predicted octanol–water partition coefficient (Wildman–Crippen LogP) is 3.46. The molecule has 0 N–H and O–H groups in total. The lowest BCUT2D eigenvalue weighted by molar-refractivity contribution is 0.0887. The number of carbonyl (C=O) groups is 1. The Bertz CT molecular complexity index is 816. The summed E-state index contributed by atoms with van der Waals surface area (Å²) < 4.78 is 1.75. The summed E-state index contributed by atoms with van der Waals surface area (Å²) in [7, 11) is 0. The Morgan fingerprint density at radius 1 is 1.05 bits per heavy atom. The van der Waals surface area contributed by atoms with E-state index in [0.29, 0.717) is 0 Å². The highest BCUT2D eigenvalue weighted by Gasteiger charge is 2.31. The van der Waals surface area contributed by atoms with Gasteiger partial charge in [0.1, 0.15) is 5.82 Å². The van der Waals surface area contributed by atoms with Crippen LogP contribution in [0.4, 0.5) is 0 Å². The van der Waals surface area contributed by atoms with Gasteiger partial charge in [0.05, 0.1) is 17.0 Å². The Morgan fingerprint density at radius 2 is 1.79 bits per heavy atom. The second-order valence-electron chi connectivity index (χ2n) is 4.91. The standard InChI is InChI=1S/C16H12N2O/c1-10-11-6-2-3-7-12(11)15-17-13-8-4-5-9-14(13)18(15)16(10)19/h2-10H,1H3. The Hall–Kier alpha value is -2.42. The number of imidazole rings is 1. The second-order valence-corrected chi connectivity index (χ2v) is 4.91. The zero-order chi connectivity index (χ0) is 13.0. The molecule has 4 rings (SSSR count). The van der Waals surface area contributed by atoms with Crippen molar-refractivity contribution in [2.45, 2.75) is 12.8 Å². The molecule has 0 bridgehead atoms. The molecular weight excluding hydrogens is 236 g/mol. The van der Waals surface area contributed by atoms with Gasteiger partial charge in [-0.25, -0.2) is 4.98 Å². The van der Waals surface area contributed by atoms with Gasteiger partial charge in [0.25, 0.3) is 0 Å². The van der Waals surface area contributed by atoms with E-state index in [0.717, 1.165) is 28.0 Å². The molecule has 0 radical (unpaired) electrons. The number of hydrogen-bond acceptors (Lipinski definition) is 2. The van der Waals surface area contributed by atoms with Crippen LogP contribution < -0.4 is 0 Å². The van der Waals surface area contributed by atoms with E-state index in [1.54, 1.807) is 4.57 Å². The zero-order valence-electron chi connectivity index (χ0n) is 10.5. The molecule has 0 fully saturated rings. The minimum atomic E-state index is -0.124. The Kier molecular flexibility index (Phi) is 1.96. The lowest BCUT2D eigenvalue weighted by Gasteiger charge is -2.22. The number of benzene rings is 2. The van der Waals surface area contributed by atoms with E-state index in [9.17, 15) is 4.79 Å². The van der Waals surface area contributed by atoms with Crippen molar-refractivity contribution in [3.05, 3.63) is 54.1 Å². The van der Waals surface area contributed by atoms with Crippen LogP contribution in [0.15, 0.2) is 48.5 Å². The third kappa shape index (κ3) is 1.27. The van der Waals surface area contributed by atoms with Crippen molar-refractivity contribution in [3.8, 4) is 11.4 Å². The number of nitrogens with zero attached hydrogens (tertiary/aromatic N) is 2. The summed E-state index contributed by atoms with van der Waals surface area (Å²) in [6.07, 6.45) is 0. The van der Waals surface area contributed by atoms with Gasteiger partial charge >= 0.3 is 0 Å². The summed E-state index contributed by atoms with van der Waals surface area (Å²) in [4.78, 5) is 17.2. The molecule has 0 saturated carbocycles. The number of fused-ring (bicyclic) bond motifs is 5. The first kappa shape index (κ1) is 10.5. The Morgan fingerprint density at radius 3 is 2.68 bits per heavy atom. The summed E-state index contributed by atoms with van der Waals surface area (Å²) in [5, 5.41) is 0. The summed E-state index contributed by atoms with van der Waals surface area (Å²) in [6, 6.07) is 15.8. The molecule has 1 atom stereocenters. The van der Waals surface area contributed by atoms with E-state index in [-0.39, 0.29) is 11.8 Å². The fraction of sp³-hybridized carbons (Fsp3) is 0.125. The highest BCUT2D eigenvalue weighted by Crippen LogP contribution is 2.37. The maximum atomic E-state index is 12.6. The normalized spacial score (nSPS) is 17.3. The van der Waals surface area contributed by atoms with Crippen LogP contribution in [0, 0.1) is 0 Å². The van der Waals surface area contributed by atoms with Crippen molar-refractivity contribution in [3.63, 3.8) is 0 Å². The molecule has 92 valence electrons. The van der Waals surface area contributed by atoms with Gasteiger partial charge in [-0.2, -0.15) is 0 Å². The minimum absolute atomic E-state index is 0.0994. The van der Waals surface area contributed by atoms with Crippen molar-refractivity contribution >= 4 is 16.9 Å². The number of aromatic nitrogens is 2. The third-order valence-electron chi connectivity index (χ3n) is 3.82. The summed E-state index contributed by atoms with van der Waals surface area (Å²) in [5.41, 5.74) is 3.89. The molecule has 19 heavy (non-hydrogen) atoms. The molecule has 1 aliphatic rings. The van der Waals surface area contributed by atoms with Gasteiger partial charge in [-0.05, 0) is 24.6 Å². The maximum absolute atomic E-state index is 12.6. The van der Waals surface area contributed by atoms with Crippen molar-refractivity contribution in [1.29, 1.82) is 0 Å². The van der Waals surface area contributed by atoms with Gasteiger partial charge in [0, 0.05) is 5.56 Å². The quantitative estimate of drug-likeness (QED) is 0.610. The molecule has 1 aromatic heterocycles. The van der Waals surface area contributed by atoms with Gasteiger partial charge in [0.15, 0.2) is 0 Å². The van der Waals surface area contributed by atoms with Gasteiger partial charge < -0.3 is 0 Å². The van der Waals surface area contributed by atoms with Gasteiger partial charge in [-0.1, -0.05) is 36.4 Å². The van der Waals surface area contributed by atoms with Gasteiger partial charge in [-0.15, -0.1) is 0 Å². The average Bonchev–Trinajstić information content (AvgIpc) is 2.84. The molecule has 0 amide bonds. The average molecular weight is 248 g/mol. The van der Waals surface area contributed by atoms with Crippen LogP contribution in [0.5, 0.6) is 0 Å². The molecule has 3 aromatic rings. The SMILES string of the molecule is CC1C(=O)n2c(nc3ccccc32)-c2ccccc21. The van der Waals surface area contributed by atoms with Crippen LogP contribution in [0.1, 0.15) is 23.2 Å². The Labute approximate surface area is 110 Å². The van der Waals surface area contributed by atoms with Crippen molar-refractivity contribution in [2.75, 3.05) is 0 Å². The summed E-state index contributed by atoms with van der Waals surface area (Å²) in [5.74, 6) is 0.739. The lowest BCUT2D eigenvalue weighted by atomic mass is 9.91. The summed E-state index contributed by atoms with van der Waals surface area (Å²) in [6.45, 7) is 1.96. The molecule has 3 nitrogen and oxygen atoms in total. The van der Waals surface area contributed by atoms with E-state index in [4.69, 9.17) is 0 Å². The van der Waals surface area contributed by atoms with Crippen molar-refractivity contribution in [1.82, 2.24) is 9.55 Å². The fourth-order valence-corrected chi connectivity index (χ4v) is 2.83. The monoisotopic (exact) mass is 248 g/mol. The lowest BCUT2D eigenvalue weighted by Crippen LogP contribution is -2.23. The molecule has 2 heterocycles. The molecule has 1 aliphatic heterocycles. The molecule has 1 unspecified atom stereocenters. The molecule has 0 spiro atoms. The number of hydrogen-bond donors (Lipinski definition) is 0. The van der Waals surface area contributed by atoms with Crippen molar-refractivity contribution in [2.24, 2.45) is 0 Å². The molecule has 2 aromatic carbocycles. The highest BCUT2D eigenvalue weighted by atomic mass is 16.2. The molecule has 0 aliphatic carbocycles. The van der Waals surface area contributed by atoms with E-state index in [2.05, 4.69) is 4.98 Å². The first-order chi connectivity index (χ1) is 9.27. The molecular formula is C16H12N2O. The topological polar surface area (TPSA) is 34.9 Å². The fourth-order valence-electron chi connectivity index (χ4n) is 2.83. The van der Waals surface area contributed by atoms with Crippen LogP contribution in [-0.2, 0) is 0 Å². The number of para-hydroxylation sites is 2. The zero-order valence-corrected chi connectivity index (χ0v) is 10.5. The third-order valence-corrected chi connectivity index (χ3v) is 3.82. The van der Waals surface area contributed by atoms with Crippen LogP contribution in [0.2, 0.25) is 0 Å². The van der Waals surface area contributed by atoms with E-state index < -0.39 is 0 Å². The Balaban J connectivity index is 2.17. The van der Waals surface area contributed by atoms with E-state index in [1.165, 1.54) is 0 Å². The smallest absolute Gasteiger partial charge is 0.240 e. The molecule has 0 saturated heterocycles. The largest absolute Gasteiger partial charge is 0.273 e. The highest BCUT2D eigenvalue weighted by molar-refractivity contribution is 6.01. The number of rotatable bonds is 0. The first-order valence-corrected chi connectivity index (χ1v) is 6.38. The first-order valence-electron chi connectivity index (χ1n) is 6.38. The van der Waals surface area contributed by atoms with Gasteiger partial charge in [-0.3, -0.25) is 9.36 Å². The van der Waals surface area contributed by atoms with E-state index in [1.807, 2.05) is 55.5 Å². The van der Waals surface area contributed by atoms with Gasteiger partial charge in [0.2, 0.25) is 5.91 Å². The maximum Gasteiger partial charge on any atom is 0.240 e. The van der Waals surface area contributed by atoms with Crippen molar-refractivity contribution < 1.29 is 4.79 Å².